The van der Waals surface area contributed by atoms with Gasteiger partial charge >= 0.3 is 6.03 Å². The van der Waals surface area contributed by atoms with Gasteiger partial charge in [0.2, 0.25) is 0 Å². The molecule has 1 fully saturated rings. The van der Waals surface area contributed by atoms with Gasteiger partial charge in [0.05, 0.1) is 6.54 Å². The quantitative estimate of drug-likeness (QED) is 0.662. The zero-order valence-corrected chi connectivity index (χ0v) is 7.08. The lowest BCUT2D eigenvalue weighted by molar-refractivity contribution is 0.249. The van der Waals surface area contributed by atoms with E-state index in [-0.39, 0.29) is 6.03 Å². The number of nitrogens with one attached hydrogen (secondary N) is 2. The fourth-order valence-electron chi connectivity index (χ4n) is 1.25. The maximum absolute atomic E-state index is 10.8. The summed E-state index contributed by atoms with van der Waals surface area (Å²) in [7, 11) is 0. The van der Waals surface area contributed by atoms with Crippen molar-refractivity contribution in [3.63, 3.8) is 0 Å². The third-order valence-corrected chi connectivity index (χ3v) is 1.85. The van der Waals surface area contributed by atoms with Gasteiger partial charge in [-0.1, -0.05) is 30.3 Å². The molecule has 1 heterocycles. The minimum Gasteiger partial charge on any atom is -0.332 e. The van der Waals surface area contributed by atoms with E-state index in [2.05, 4.69) is 10.6 Å². The molecule has 1 saturated heterocycles. The highest BCUT2D eigenvalue weighted by atomic mass is 16.2. The van der Waals surface area contributed by atoms with Crippen molar-refractivity contribution in [2.45, 2.75) is 0 Å². The van der Waals surface area contributed by atoms with Crippen LogP contribution in [0.25, 0.3) is 6.08 Å². The van der Waals surface area contributed by atoms with Crippen LogP contribution in [-0.2, 0) is 0 Å². The Kier molecular flexibility index (Phi) is 2.00. The second kappa shape index (κ2) is 3.31. The van der Waals surface area contributed by atoms with Crippen molar-refractivity contribution in [3.8, 4) is 0 Å². The van der Waals surface area contributed by atoms with Crippen LogP contribution in [0.3, 0.4) is 0 Å². The summed E-state index contributed by atoms with van der Waals surface area (Å²) in [4.78, 5) is 10.8. The predicted octanol–water partition coefficient (Wildman–Crippen LogP) is 1.34. The Hall–Kier alpha value is -1.77. The number of benzene rings is 1. The molecule has 3 nitrogen and oxygen atoms in total. The first kappa shape index (κ1) is 7.86. The molecule has 1 aromatic carbocycles. The molecule has 0 saturated carbocycles. The molecule has 0 atom stereocenters. The molecule has 1 aromatic rings. The molecule has 0 unspecified atom stereocenters. The largest absolute Gasteiger partial charge is 0.332 e. The zero-order chi connectivity index (χ0) is 9.10. The summed E-state index contributed by atoms with van der Waals surface area (Å²) in [5.41, 5.74) is 2.01. The van der Waals surface area contributed by atoms with Crippen molar-refractivity contribution in [1.82, 2.24) is 10.6 Å². The normalized spacial score (nSPS) is 18.5. The highest BCUT2D eigenvalue weighted by Crippen LogP contribution is 2.05. The van der Waals surface area contributed by atoms with Crippen LogP contribution in [0, 0.1) is 0 Å². The molecule has 0 aliphatic carbocycles. The summed E-state index contributed by atoms with van der Waals surface area (Å²) in [6, 6.07) is 9.78. The number of hydrogen-bond acceptors (Lipinski definition) is 1. The number of amides is 2. The monoisotopic (exact) mass is 174 g/mol. The molecule has 0 bridgehead atoms. The molecule has 2 rings (SSSR count). The topological polar surface area (TPSA) is 41.1 Å². The van der Waals surface area contributed by atoms with Crippen LogP contribution in [0.15, 0.2) is 36.0 Å². The Balaban J connectivity index is 2.17. The van der Waals surface area contributed by atoms with Gasteiger partial charge in [-0.05, 0) is 11.6 Å². The van der Waals surface area contributed by atoms with E-state index in [9.17, 15) is 4.79 Å². The van der Waals surface area contributed by atoms with Gasteiger partial charge in [-0.15, -0.1) is 0 Å². The molecule has 0 aromatic heterocycles. The van der Waals surface area contributed by atoms with Crippen molar-refractivity contribution >= 4 is 12.1 Å². The van der Waals surface area contributed by atoms with Crippen molar-refractivity contribution < 1.29 is 4.79 Å². The number of carbonyl (C=O) groups is 1. The Bertz CT molecular complexity index is 343. The Labute approximate surface area is 76.5 Å². The summed E-state index contributed by atoms with van der Waals surface area (Å²) < 4.78 is 0. The van der Waals surface area contributed by atoms with Crippen molar-refractivity contribution in [2.75, 3.05) is 6.54 Å². The fourth-order valence-corrected chi connectivity index (χ4v) is 1.25. The summed E-state index contributed by atoms with van der Waals surface area (Å²) in [6.45, 7) is 0.591. The molecular weight excluding hydrogens is 164 g/mol. The highest BCUT2D eigenvalue weighted by molar-refractivity contribution is 5.81. The number of carbonyl (C=O) groups excluding carboxylic acids is 1. The summed E-state index contributed by atoms with van der Waals surface area (Å²) in [6.07, 6.45) is 1.96. The lowest BCUT2D eigenvalue weighted by atomic mass is 10.2. The minimum atomic E-state index is -0.123. The first-order chi connectivity index (χ1) is 6.34. The van der Waals surface area contributed by atoms with E-state index in [0.717, 1.165) is 11.3 Å². The van der Waals surface area contributed by atoms with Gasteiger partial charge in [0.1, 0.15) is 0 Å². The number of hydrogen-bond donors (Lipinski definition) is 2. The lowest BCUT2D eigenvalue weighted by Crippen LogP contribution is -2.19. The van der Waals surface area contributed by atoms with Gasteiger partial charge in [0.15, 0.2) is 0 Å². The number of urea groups is 1. The Morgan fingerprint density at radius 3 is 2.62 bits per heavy atom. The zero-order valence-electron chi connectivity index (χ0n) is 7.08. The van der Waals surface area contributed by atoms with Gasteiger partial charge in [-0.3, -0.25) is 0 Å². The second-order valence-corrected chi connectivity index (χ2v) is 2.89. The lowest BCUT2D eigenvalue weighted by Gasteiger charge is -1.95. The average molecular weight is 174 g/mol. The van der Waals surface area contributed by atoms with Crippen LogP contribution in [0.2, 0.25) is 0 Å². The van der Waals surface area contributed by atoms with Crippen LogP contribution in [0.4, 0.5) is 4.79 Å². The van der Waals surface area contributed by atoms with Gasteiger partial charge in [0.25, 0.3) is 0 Å². The SMILES string of the molecule is O=C1NC/C(=C\c2ccccc2)N1. The second-order valence-electron chi connectivity index (χ2n) is 2.89. The molecule has 13 heavy (non-hydrogen) atoms. The standard InChI is InChI=1S/C10H10N2O/c13-10-11-7-9(12-10)6-8-4-2-1-3-5-8/h1-6H,7H2,(H2,11,12,13)/b9-6+. The van der Waals surface area contributed by atoms with Crippen LogP contribution in [0.5, 0.6) is 0 Å². The van der Waals surface area contributed by atoms with Crippen LogP contribution in [0.1, 0.15) is 5.56 Å². The molecule has 0 radical (unpaired) electrons. The third kappa shape index (κ3) is 1.87. The molecule has 66 valence electrons. The molecule has 2 amide bonds. The van der Waals surface area contributed by atoms with Gasteiger partial charge < -0.3 is 10.6 Å². The molecule has 0 spiro atoms. The summed E-state index contributed by atoms with van der Waals surface area (Å²) >= 11 is 0. The van der Waals surface area contributed by atoms with Gasteiger partial charge in [0, 0.05) is 5.70 Å². The maximum atomic E-state index is 10.8. The fraction of sp³-hybridized carbons (Fsp3) is 0.100. The maximum Gasteiger partial charge on any atom is 0.319 e. The van der Waals surface area contributed by atoms with Gasteiger partial charge in [-0.2, -0.15) is 0 Å². The van der Waals surface area contributed by atoms with E-state index in [1.807, 2.05) is 36.4 Å². The average Bonchev–Trinajstić information content (AvgIpc) is 2.53. The third-order valence-electron chi connectivity index (χ3n) is 1.85. The Morgan fingerprint density at radius 1 is 1.23 bits per heavy atom. The molecule has 3 heteroatoms. The molecule has 1 aliphatic heterocycles. The van der Waals surface area contributed by atoms with Crippen LogP contribution >= 0.6 is 0 Å². The number of rotatable bonds is 1. The Morgan fingerprint density at radius 2 is 2.00 bits per heavy atom. The minimum absolute atomic E-state index is 0.123. The molecular formula is C10H10N2O. The first-order valence-corrected chi connectivity index (χ1v) is 4.15. The van der Waals surface area contributed by atoms with Crippen molar-refractivity contribution in [2.24, 2.45) is 0 Å². The smallest absolute Gasteiger partial charge is 0.319 e. The summed E-state index contributed by atoms with van der Waals surface area (Å²) in [5.74, 6) is 0. The molecule has 1 aliphatic rings. The van der Waals surface area contributed by atoms with E-state index in [1.165, 1.54) is 0 Å². The molecule has 2 N–H and O–H groups in total. The van der Waals surface area contributed by atoms with E-state index in [4.69, 9.17) is 0 Å². The predicted molar refractivity (Wildman–Crippen MR) is 51.0 cm³/mol. The van der Waals surface area contributed by atoms with Crippen LogP contribution < -0.4 is 10.6 Å². The first-order valence-electron chi connectivity index (χ1n) is 4.15. The van der Waals surface area contributed by atoms with Crippen molar-refractivity contribution in [3.05, 3.63) is 41.6 Å². The van der Waals surface area contributed by atoms with E-state index in [0.29, 0.717) is 6.54 Å². The highest BCUT2D eigenvalue weighted by Gasteiger charge is 2.11. The van der Waals surface area contributed by atoms with E-state index < -0.39 is 0 Å². The van der Waals surface area contributed by atoms with E-state index >= 15 is 0 Å². The van der Waals surface area contributed by atoms with Crippen molar-refractivity contribution in [1.29, 1.82) is 0 Å². The van der Waals surface area contributed by atoms with Crippen LogP contribution in [-0.4, -0.2) is 12.6 Å². The summed E-state index contributed by atoms with van der Waals surface area (Å²) in [5, 5.41) is 5.38. The van der Waals surface area contributed by atoms with Gasteiger partial charge in [-0.25, -0.2) is 4.79 Å². The van der Waals surface area contributed by atoms with E-state index in [1.54, 1.807) is 0 Å².